The Balaban J connectivity index is 1.57. The number of halogens is 1. The molecule has 0 spiro atoms. The van der Waals surface area contributed by atoms with Crippen molar-refractivity contribution < 1.29 is 9.53 Å². The van der Waals surface area contributed by atoms with Gasteiger partial charge in [0.15, 0.2) is 4.96 Å². The van der Waals surface area contributed by atoms with E-state index in [0.717, 1.165) is 10.4 Å². The van der Waals surface area contributed by atoms with E-state index in [-0.39, 0.29) is 18.1 Å². The zero-order valence-electron chi connectivity index (χ0n) is 16.3. The van der Waals surface area contributed by atoms with Gasteiger partial charge in [0.05, 0.1) is 11.4 Å². The summed E-state index contributed by atoms with van der Waals surface area (Å²) in [5, 5.41) is 3.32. The molecule has 152 valence electrons. The fourth-order valence-corrected chi connectivity index (χ4v) is 4.05. The number of hydrogen-bond donors (Lipinski definition) is 1. The maximum atomic E-state index is 12.7. The monoisotopic (exact) mass is 439 g/mol. The van der Waals surface area contributed by atoms with Crippen LogP contribution in [0, 0.1) is 13.8 Å². The fourth-order valence-electron chi connectivity index (χ4n) is 3.03. The highest BCUT2D eigenvalue weighted by Crippen LogP contribution is 2.29. The van der Waals surface area contributed by atoms with Crippen molar-refractivity contribution in [3.8, 4) is 5.75 Å². The summed E-state index contributed by atoms with van der Waals surface area (Å²) in [7, 11) is 0. The Morgan fingerprint density at radius 2 is 2.00 bits per heavy atom. The third-order valence-electron chi connectivity index (χ3n) is 4.49. The number of nitrogens with zero attached hydrogens (tertiary/aromatic N) is 2. The van der Waals surface area contributed by atoms with E-state index in [1.165, 1.54) is 21.8 Å². The largest absolute Gasteiger partial charge is 0.485 e. The molecule has 0 aliphatic heterocycles. The van der Waals surface area contributed by atoms with Gasteiger partial charge in [0.1, 0.15) is 12.4 Å². The zero-order chi connectivity index (χ0) is 21.3. The minimum Gasteiger partial charge on any atom is -0.485 e. The van der Waals surface area contributed by atoms with E-state index in [4.69, 9.17) is 16.3 Å². The molecule has 4 rings (SSSR count). The van der Waals surface area contributed by atoms with Crippen LogP contribution in [0.4, 0.5) is 5.69 Å². The van der Waals surface area contributed by atoms with E-state index in [9.17, 15) is 9.59 Å². The highest BCUT2D eigenvalue weighted by molar-refractivity contribution is 7.16. The van der Waals surface area contributed by atoms with Crippen molar-refractivity contribution in [2.45, 2.75) is 20.5 Å². The van der Waals surface area contributed by atoms with Crippen molar-refractivity contribution in [1.82, 2.24) is 9.38 Å². The molecule has 6 nitrogen and oxygen atoms in total. The molecule has 0 aliphatic rings. The molecule has 0 aliphatic carbocycles. The van der Waals surface area contributed by atoms with Gasteiger partial charge in [-0.2, -0.15) is 0 Å². The number of nitrogens with one attached hydrogen (secondary N) is 1. The predicted octanol–water partition coefficient (Wildman–Crippen LogP) is 4.86. The summed E-state index contributed by atoms with van der Waals surface area (Å²) in [6.07, 6.45) is 1.76. The number of aromatic nitrogens is 2. The van der Waals surface area contributed by atoms with E-state index >= 15 is 0 Å². The summed E-state index contributed by atoms with van der Waals surface area (Å²) in [5.74, 6) is 0.178. The van der Waals surface area contributed by atoms with Gasteiger partial charge in [-0.15, -0.1) is 11.3 Å². The minimum atomic E-state index is -0.257. The van der Waals surface area contributed by atoms with E-state index in [0.29, 0.717) is 32.7 Å². The van der Waals surface area contributed by atoms with Gasteiger partial charge in [-0.3, -0.25) is 14.0 Å². The molecule has 0 saturated carbocycles. The Hall–Kier alpha value is -3.16. The number of ether oxygens (including phenoxy) is 1. The molecule has 4 aromatic rings. The number of carbonyl (C=O) groups excluding carboxylic acids is 1. The molecule has 8 heteroatoms. The second-order valence-electron chi connectivity index (χ2n) is 6.78. The van der Waals surface area contributed by atoms with Crippen molar-refractivity contribution in [1.29, 1.82) is 0 Å². The number of anilines is 1. The molecule has 2 aromatic heterocycles. The molecule has 0 radical (unpaired) electrons. The Labute approximate surface area is 181 Å². The Bertz CT molecular complexity index is 1310. The van der Waals surface area contributed by atoms with Gasteiger partial charge in [-0.1, -0.05) is 29.8 Å². The number of rotatable bonds is 5. The maximum Gasteiger partial charge on any atom is 0.258 e. The maximum absolute atomic E-state index is 12.7. The fraction of sp³-hybridized carbons (Fsp3) is 0.136. The Morgan fingerprint density at radius 1 is 1.20 bits per heavy atom. The first kappa shape index (κ1) is 20.1. The van der Waals surface area contributed by atoms with Gasteiger partial charge in [0, 0.05) is 27.7 Å². The van der Waals surface area contributed by atoms with E-state index < -0.39 is 0 Å². The number of amides is 1. The molecule has 0 saturated heterocycles. The Morgan fingerprint density at radius 3 is 2.80 bits per heavy atom. The van der Waals surface area contributed by atoms with Gasteiger partial charge in [0.25, 0.3) is 11.5 Å². The van der Waals surface area contributed by atoms with Gasteiger partial charge in [0.2, 0.25) is 0 Å². The zero-order valence-corrected chi connectivity index (χ0v) is 17.9. The summed E-state index contributed by atoms with van der Waals surface area (Å²) in [6, 6.07) is 13.7. The van der Waals surface area contributed by atoms with E-state index in [2.05, 4.69) is 10.3 Å². The molecule has 0 unspecified atom stereocenters. The van der Waals surface area contributed by atoms with Crippen LogP contribution in [0.15, 0.2) is 59.5 Å². The molecule has 0 atom stereocenters. The van der Waals surface area contributed by atoms with Crippen molar-refractivity contribution in [3.05, 3.63) is 91.8 Å². The lowest BCUT2D eigenvalue weighted by Gasteiger charge is -2.13. The summed E-state index contributed by atoms with van der Waals surface area (Å²) in [6.45, 7) is 3.88. The van der Waals surface area contributed by atoms with Crippen LogP contribution >= 0.6 is 22.9 Å². The van der Waals surface area contributed by atoms with E-state index in [1.807, 2.05) is 32.0 Å². The minimum absolute atomic E-state index is 0.0809. The Kier molecular flexibility index (Phi) is 5.57. The molecule has 2 heterocycles. The number of thiazole rings is 1. The van der Waals surface area contributed by atoms with Crippen LogP contribution < -0.4 is 15.6 Å². The van der Waals surface area contributed by atoms with Gasteiger partial charge in [-0.25, -0.2) is 4.98 Å². The topological polar surface area (TPSA) is 72.7 Å². The van der Waals surface area contributed by atoms with Crippen molar-refractivity contribution >= 4 is 39.5 Å². The van der Waals surface area contributed by atoms with Crippen LogP contribution in [-0.2, 0) is 6.61 Å². The quantitative estimate of drug-likeness (QED) is 0.482. The van der Waals surface area contributed by atoms with Gasteiger partial charge in [-0.05, 0) is 43.7 Å². The number of benzene rings is 2. The lowest BCUT2D eigenvalue weighted by atomic mass is 10.1. The lowest BCUT2D eigenvalue weighted by molar-refractivity contribution is 0.102. The smallest absolute Gasteiger partial charge is 0.258 e. The normalized spacial score (nSPS) is 10.9. The van der Waals surface area contributed by atoms with Crippen LogP contribution in [0.1, 0.15) is 26.5 Å². The van der Waals surface area contributed by atoms with Crippen LogP contribution in [0.3, 0.4) is 0 Å². The average Bonchev–Trinajstić information content (AvgIpc) is 3.08. The molecule has 0 bridgehead atoms. The molecule has 30 heavy (non-hydrogen) atoms. The molecule has 1 N–H and O–H groups in total. The number of fused-ring (bicyclic) bond motifs is 1. The highest BCUT2D eigenvalue weighted by Gasteiger charge is 2.13. The third kappa shape index (κ3) is 4.22. The van der Waals surface area contributed by atoms with E-state index in [1.54, 1.807) is 30.5 Å². The van der Waals surface area contributed by atoms with Crippen LogP contribution in [-0.4, -0.2) is 15.3 Å². The SMILES string of the molecule is Cc1cn2c(=O)cc(COc3ccc(Cl)cc3NC(=O)c3ccccc3C)nc2s1. The highest BCUT2D eigenvalue weighted by atomic mass is 35.5. The third-order valence-corrected chi connectivity index (χ3v) is 5.62. The van der Waals surface area contributed by atoms with Gasteiger partial charge >= 0.3 is 0 Å². The van der Waals surface area contributed by atoms with Crippen LogP contribution in [0.5, 0.6) is 5.75 Å². The summed E-state index contributed by atoms with van der Waals surface area (Å²) >= 11 is 7.56. The summed E-state index contributed by atoms with van der Waals surface area (Å²) in [5.41, 5.74) is 2.22. The molecular formula is C22H18ClN3O3S. The van der Waals surface area contributed by atoms with Crippen molar-refractivity contribution in [2.75, 3.05) is 5.32 Å². The standard InChI is InChI=1S/C22H18ClN3O3S/c1-13-5-3-4-6-17(13)21(28)25-18-9-15(23)7-8-19(18)29-12-16-10-20(27)26-11-14(2)30-22(26)24-16/h3-11H,12H2,1-2H3,(H,25,28). The van der Waals surface area contributed by atoms with Gasteiger partial charge < -0.3 is 10.1 Å². The summed E-state index contributed by atoms with van der Waals surface area (Å²) < 4.78 is 7.39. The number of carbonyl (C=O) groups is 1. The molecule has 2 aromatic carbocycles. The number of hydrogen-bond acceptors (Lipinski definition) is 5. The predicted molar refractivity (Wildman–Crippen MR) is 119 cm³/mol. The van der Waals surface area contributed by atoms with Crippen molar-refractivity contribution in [2.24, 2.45) is 0 Å². The summed E-state index contributed by atoms with van der Waals surface area (Å²) in [4.78, 5) is 31.1. The first-order valence-corrected chi connectivity index (χ1v) is 10.4. The first-order chi connectivity index (χ1) is 14.4. The second-order valence-corrected chi connectivity index (χ2v) is 8.43. The number of aryl methyl sites for hydroxylation is 2. The molecule has 0 fully saturated rings. The molecule has 1 amide bonds. The second kappa shape index (κ2) is 8.30. The van der Waals surface area contributed by atoms with Crippen LogP contribution in [0.2, 0.25) is 5.02 Å². The first-order valence-electron chi connectivity index (χ1n) is 9.19. The average molecular weight is 440 g/mol. The van der Waals surface area contributed by atoms with Crippen LogP contribution in [0.25, 0.3) is 4.96 Å². The molecular weight excluding hydrogens is 422 g/mol. The van der Waals surface area contributed by atoms with Crippen molar-refractivity contribution in [3.63, 3.8) is 0 Å². The lowest BCUT2D eigenvalue weighted by Crippen LogP contribution is -2.15.